The Balaban J connectivity index is 1.86. The molecule has 0 aliphatic heterocycles. The molecule has 2 aromatic heterocycles. The first-order valence-electron chi connectivity index (χ1n) is 7.37. The minimum absolute atomic E-state index is 0.527. The van der Waals surface area contributed by atoms with E-state index in [1.807, 2.05) is 12.5 Å². The lowest BCUT2D eigenvalue weighted by Gasteiger charge is -2.07. The Morgan fingerprint density at radius 3 is 2.80 bits per heavy atom. The van der Waals surface area contributed by atoms with Gasteiger partial charge in [-0.15, -0.1) is 0 Å². The van der Waals surface area contributed by atoms with E-state index in [-0.39, 0.29) is 0 Å². The number of unbranched alkanes of at least 4 members (excludes halogenated alkanes) is 2. The number of fused-ring (bicyclic) bond motifs is 1. The average Bonchev–Trinajstić information content (AvgIpc) is 2.87. The normalized spacial score (nSPS) is 11.3. The number of hydrogen-bond donors (Lipinski definition) is 1. The second-order valence-electron chi connectivity index (χ2n) is 5.13. The summed E-state index contributed by atoms with van der Waals surface area (Å²) >= 11 is 2.07. The van der Waals surface area contributed by atoms with E-state index < -0.39 is 0 Å². The summed E-state index contributed by atoms with van der Waals surface area (Å²) in [6.07, 6.45) is 8.79. The molecule has 2 N–H and O–H groups in total. The van der Waals surface area contributed by atoms with Crippen LogP contribution in [0.5, 0.6) is 0 Å². The van der Waals surface area contributed by atoms with Crippen molar-refractivity contribution in [1.29, 1.82) is 0 Å². The van der Waals surface area contributed by atoms with Gasteiger partial charge in [0.2, 0.25) is 0 Å². The van der Waals surface area contributed by atoms with Crippen molar-refractivity contribution in [2.75, 3.05) is 17.2 Å². The Morgan fingerprint density at radius 2 is 2.00 bits per heavy atom. The maximum absolute atomic E-state index is 5.87. The lowest BCUT2D eigenvalue weighted by atomic mass is 10.2. The van der Waals surface area contributed by atoms with Crippen LogP contribution in [-0.4, -0.2) is 26.0 Å². The molecule has 110 valence electrons. The lowest BCUT2D eigenvalue weighted by Crippen LogP contribution is -2.00. The van der Waals surface area contributed by atoms with Crippen molar-refractivity contribution in [3.05, 3.63) is 18.1 Å². The van der Waals surface area contributed by atoms with Gasteiger partial charge in [-0.2, -0.15) is 11.8 Å². The number of pyridine rings is 1. The van der Waals surface area contributed by atoms with Gasteiger partial charge in [-0.3, -0.25) is 0 Å². The quantitative estimate of drug-likeness (QED) is 0.755. The smallest absolute Gasteiger partial charge is 0.151 e. The zero-order chi connectivity index (χ0) is 14.4. The molecule has 0 atom stereocenters. The molecule has 20 heavy (non-hydrogen) atoms. The van der Waals surface area contributed by atoms with Crippen LogP contribution in [0.2, 0.25) is 0 Å². The fourth-order valence-corrected chi connectivity index (χ4v) is 3.38. The predicted octanol–water partition coefficient (Wildman–Crippen LogP) is 3.64. The monoisotopic (exact) mass is 292 g/mol. The lowest BCUT2D eigenvalue weighted by molar-refractivity contribution is 0.648. The molecule has 0 radical (unpaired) electrons. The maximum Gasteiger partial charge on any atom is 0.151 e. The number of anilines is 1. The van der Waals surface area contributed by atoms with Crippen LogP contribution in [0.1, 0.15) is 38.2 Å². The molecule has 0 saturated carbocycles. The van der Waals surface area contributed by atoms with E-state index in [1.54, 1.807) is 0 Å². The number of nitrogens with zero attached hydrogens (tertiary/aromatic N) is 3. The van der Waals surface area contributed by atoms with E-state index in [2.05, 4.69) is 40.1 Å². The van der Waals surface area contributed by atoms with Crippen molar-refractivity contribution in [3.63, 3.8) is 0 Å². The van der Waals surface area contributed by atoms with Crippen molar-refractivity contribution in [1.82, 2.24) is 14.5 Å². The molecule has 4 nitrogen and oxygen atoms in total. The summed E-state index contributed by atoms with van der Waals surface area (Å²) in [4.78, 5) is 8.55. The summed E-state index contributed by atoms with van der Waals surface area (Å²) in [6.45, 7) is 5.32. The fraction of sp³-hybridized carbons (Fsp3) is 0.600. The Morgan fingerprint density at radius 1 is 1.20 bits per heavy atom. The minimum Gasteiger partial charge on any atom is -0.382 e. The fourth-order valence-electron chi connectivity index (χ4n) is 2.28. The Kier molecular flexibility index (Phi) is 5.71. The van der Waals surface area contributed by atoms with E-state index in [0.29, 0.717) is 5.82 Å². The van der Waals surface area contributed by atoms with Crippen molar-refractivity contribution >= 4 is 28.6 Å². The van der Waals surface area contributed by atoms with E-state index in [4.69, 9.17) is 5.73 Å². The Bertz CT molecular complexity index is 550. The SMILES string of the molecule is CCCCSCCCCn1cnc2c(N)ncc(C)c21. The van der Waals surface area contributed by atoms with Crippen LogP contribution >= 0.6 is 11.8 Å². The number of rotatable bonds is 8. The molecule has 0 aliphatic carbocycles. The van der Waals surface area contributed by atoms with Gasteiger partial charge in [0.1, 0.15) is 5.52 Å². The van der Waals surface area contributed by atoms with Gasteiger partial charge in [-0.1, -0.05) is 13.3 Å². The molecule has 0 fully saturated rings. The third-order valence-corrected chi connectivity index (χ3v) is 4.59. The summed E-state index contributed by atoms with van der Waals surface area (Å²) in [7, 11) is 0. The van der Waals surface area contributed by atoms with Crippen LogP contribution in [0, 0.1) is 6.92 Å². The van der Waals surface area contributed by atoms with Gasteiger partial charge in [-0.25, -0.2) is 9.97 Å². The van der Waals surface area contributed by atoms with Gasteiger partial charge >= 0.3 is 0 Å². The second-order valence-corrected chi connectivity index (χ2v) is 6.36. The highest BCUT2D eigenvalue weighted by Gasteiger charge is 2.09. The first-order valence-corrected chi connectivity index (χ1v) is 8.53. The largest absolute Gasteiger partial charge is 0.382 e. The molecule has 2 rings (SSSR count). The van der Waals surface area contributed by atoms with Crippen molar-refractivity contribution < 1.29 is 0 Å². The Labute approximate surface area is 125 Å². The van der Waals surface area contributed by atoms with Gasteiger partial charge in [-0.05, 0) is 43.3 Å². The zero-order valence-electron chi connectivity index (χ0n) is 12.4. The molecule has 2 heterocycles. The molecular formula is C15H24N4S. The third-order valence-electron chi connectivity index (χ3n) is 3.43. The van der Waals surface area contributed by atoms with Crippen LogP contribution in [0.3, 0.4) is 0 Å². The highest BCUT2D eigenvalue weighted by Crippen LogP contribution is 2.21. The number of hydrogen-bond acceptors (Lipinski definition) is 4. The van der Waals surface area contributed by atoms with Crippen LogP contribution < -0.4 is 5.73 Å². The van der Waals surface area contributed by atoms with Gasteiger partial charge in [0.15, 0.2) is 5.82 Å². The van der Waals surface area contributed by atoms with Gasteiger partial charge in [0.05, 0.1) is 11.8 Å². The van der Waals surface area contributed by atoms with E-state index in [1.165, 1.54) is 37.2 Å². The van der Waals surface area contributed by atoms with Crippen molar-refractivity contribution in [3.8, 4) is 0 Å². The average molecular weight is 292 g/mol. The minimum atomic E-state index is 0.527. The predicted molar refractivity (Wildman–Crippen MR) is 88.1 cm³/mol. The zero-order valence-corrected chi connectivity index (χ0v) is 13.2. The summed E-state index contributed by atoms with van der Waals surface area (Å²) in [5, 5.41) is 0. The molecule has 0 bridgehead atoms. The van der Waals surface area contributed by atoms with E-state index in [0.717, 1.165) is 23.1 Å². The topological polar surface area (TPSA) is 56.7 Å². The number of imidazole rings is 1. The second kappa shape index (κ2) is 7.53. The van der Waals surface area contributed by atoms with Crippen LogP contribution in [0.15, 0.2) is 12.5 Å². The number of aryl methyl sites for hydroxylation is 2. The van der Waals surface area contributed by atoms with Crippen LogP contribution in [0.25, 0.3) is 11.0 Å². The van der Waals surface area contributed by atoms with Crippen LogP contribution in [-0.2, 0) is 6.54 Å². The molecule has 5 heteroatoms. The first-order chi connectivity index (χ1) is 9.74. The molecule has 0 amide bonds. The number of nitrogens with two attached hydrogens (primary N) is 1. The first kappa shape index (κ1) is 15.2. The molecule has 0 saturated heterocycles. The van der Waals surface area contributed by atoms with Crippen LogP contribution in [0.4, 0.5) is 5.82 Å². The number of aromatic nitrogens is 3. The summed E-state index contributed by atoms with van der Waals surface area (Å²) < 4.78 is 2.21. The van der Waals surface area contributed by atoms with Crippen molar-refractivity contribution in [2.45, 2.75) is 46.1 Å². The van der Waals surface area contributed by atoms with Gasteiger partial charge < -0.3 is 10.3 Å². The standard InChI is InChI=1S/C15H24N4S/c1-3-4-8-20-9-6-5-7-19-11-18-13-14(19)12(2)10-17-15(13)16/h10-11H,3-9H2,1-2H3,(H2,16,17). The van der Waals surface area contributed by atoms with E-state index >= 15 is 0 Å². The molecule has 0 aliphatic rings. The molecular weight excluding hydrogens is 268 g/mol. The molecule has 0 spiro atoms. The maximum atomic E-state index is 5.87. The van der Waals surface area contributed by atoms with Crippen molar-refractivity contribution in [2.24, 2.45) is 0 Å². The van der Waals surface area contributed by atoms with E-state index in [9.17, 15) is 0 Å². The number of thioether (sulfide) groups is 1. The summed E-state index contributed by atoms with van der Waals surface area (Å²) in [6, 6.07) is 0. The summed E-state index contributed by atoms with van der Waals surface area (Å²) in [5.41, 5.74) is 8.98. The molecule has 0 unspecified atom stereocenters. The highest BCUT2D eigenvalue weighted by atomic mass is 32.2. The third kappa shape index (κ3) is 3.66. The Hall–Kier alpha value is -1.23. The highest BCUT2D eigenvalue weighted by molar-refractivity contribution is 7.99. The summed E-state index contributed by atoms with van der Waals surface area (Å²) in [5.74, 6) is 3.08. The van der Waals surface area contributed by atoms with Gasteiger partial charge in [0.25, 0.3) is 0 Å². The molecule has 0 aromatic carbocycles. The number of nitrogen functional groups attached to an aromatic ring is 1. The van der Waals surface area contributed by atoms with Gasteiger partial charge in [0, 0.05) is 12.7 Å². The molecule has 2 aromatic rings.